The van der Waals surface area contributed by atoms with Crippen molar-refractivity contribution in [3.05, 3.63) is 90.0 Å². The first-order chi connectivity index (χ1) is 15.4. The van der Waals surface area contributed by atoms with Crippen molar-refractivity contribution in [2.24, 2.45) is 0 Å². The van der Waals surface area contributed by atoms with E-state index in [4.69, 9.17) is 0 Å². The number of thiol groups is 1. The van der Waals surface area contributed by atoms with Gasteiger partial charge in [-0.15, -0.1) is 0 Å². The van der Waals surface area contributed by atoms with Crippen LogP contribution < -0.4 is 0 Å². The van der Waals surface area contributed by atoms with Crippen LogP contribution in [-0.2, 0) is 0 Å². The Morgan fingerprint density at radius 1 is 0.419 bits per heavy atom. The van der Waals surface area contributed by atoms with Gasteiger partial charge in [-0.1, -0.05) is 81.0 Å². The van der Waals surface area contributed by atoms with Crippen molar-refractivity contribution in [1.29, 1.82) is 0 Å². The SMILES string of the molecule is c1ccc([SH](c2ccc(C3CCCCC3)cc2)c2ccc(C3CCCCC3)cc2)cc1. The van der Waals surface area contributed by atoms with Crippen LogP contribution in [0.1, 0.15) is 87.2 Å². The van der Waals surface area contributed by atoms with Crippen molar-refractivity contribution < 1.29 is 0 Å². The van der Waals surface area contributed by atoms with Crippen molar-refractivity contribution >= 4 is 10.9 Å². The quantitative estimate of drug-likeness (QED) is 0.385. The molecule has 2 saturated carbocycles. The molecule has 0 heterocycles. The molecule has 0 aromatic heterocycles. The molecule has 1 heteroatoms. The Labute approximate surface area is 191 Å². The van der Waals surface area contributed by atoms with Crippen molar-refractivity contribution in [2.75, 3.05) is 0 Å². The lowest BCUT2D eigenvalue weighted by Crippen LogP contribution is -2.04. The molecule has 5 rings (SSSR count). The van der Waals surface area contributed by atoms with E-state index in [1.807, 2.05) is 0 Å². The third-order valence-corrected chi connectivity index (χ3v) is 9.91. The second-order valence-electron chi connectivity index (χ2n) is 9.52. The highest BCUT2D eigenvalue weighted by Crippen LogP contribution is 2.52. The molecule has 3 aromatic rings. The van der Waals surface area contributed by atoms with E-state index >= 15 is 0 Å². The molecule has 0 unspecified atom stereocenters. The lowest BCUT2D eigenvalue weighted by Gasteiger charge is -2.26. The van der Waals surface area contributed by atoms with E-state index in [1.54, 1.807) is 11.1 Å². The summed E-state index contributed by atoms with van der Waals surface area (Å²) in [5.74, 6) is 1.56. The summed E-state index contributed by atoms with van der Waals surface area (Å²) < 4.78 is 0. The van der Waals surface area contributed by atoms with Crippen LogP contribution in [0.2, 0.25) is 0 Å². The molecule has 0 atom stereocenters. The summed E-state index contributed by atoms with van der Waals surface area (Å²) in [6.45, 7) is 0. The lowest BCUT2D eigenvalue weighted by molar-refractivity contribution is 0.443. The molecule has 0 bridgehead atoms. The predicted molar refractivity (Wildman–Crippen MR) is 135 cm³/mol. The average molecular weight is 429 g/mol. The Kier molecular flexibility index (Phi) is 6.80. The molecular weight excluding hydrogens is 392 g/mol. The van der Waals surface area contributed by atoms with Gasteiger partial charge in [0.25, 0.3) is 0 Å². The minimum Gasteiger partial charge on any atom is -0.173 e. The smallest absolute Gasteiger partial charge is 0.00450 e. The van der Waals surface area contributed by atoms with Crippen molar-refractivity contribution in [1.82, 2.24) is 0 Å². The van der Waals surface area contributed by atoms with Gasteiger partial charge in [0.1, 0.15) is 0 Å². The molecular formula is C30H36S. The van der Waals surface area contributed by atoms with Gasteiger partial charge in [-0.3, -0.25) is 0 Å². The number of hydrogen-bond donors (Lipinski definition) is 1. The van der Waals surface area contributed by atoms with Crippen molar-refractivity contribution in [2.45, 2.75) is 90.7 Å². The van der Waals surface area contributed by atoms with Crippen molar-refractivity contribution in [3.63, 3.8) is 0 Å². The van der Waals surface area contributed by atoms with Gasteiger partial charge in [0.05, 0.1) is 0 Å². The first-order valence-electron chi connectivity index (χ1n) is 12.4. The summed E-state index contributed by atoms with van der Waals surface area (Å²) >= 11 is 0. The third kappa shape index (κ3) is 4.93. The van der Waals surface area contributed by atoms with Crippen LogP contribution in [-0.4, -0.2) is 0 Å². The van der Waals surface area contributed by atoms with Crippen molar-refractivity contribution in [3.8, 4) is 0 Å². The minimum absolute atomic E-state index is 0.506. The van der Waals surface area contributed by atoms with E-state index in [9.17, 15) is 0 Å². The van der Waals surface area contributed by atoms with Crippen LogP contribution in [0.15, 0.2) is 93.5 Å². The highest BCUT2D eigenvalue weighted by Gasteiger charge is 2.19. The van der Waals surface area contributed by atoms with Crippen LogP contribution >= 0.6 is 10.9 Å². The summed E-state index contributed by atoms with van der Waals surface area (Å²) in [4.78, 5) is 4.41. The van der Waals surface area contributed by atoms with E-state index in [2.05, 4.69) is 78.9 Å². The second kappa shape index (κ2) is 10.1. The lowest BCUT2D eigenvalue weighted by atomic mass is 9.84. The molecule has 0 amide bonds. The summed E-state index contributed by atoms with van der Waals surface area (Å²) in [6.07, 6.45) is 13.9. The Hall–Kier alpha value is -1.99. The standard InChI is InChI=1S/C30H36S/c1-4-10-24(11-5-1)26-16-20-29(21-17-26)31(28-14-8-3-9-15-28)30-22-18-27(19-23-30)25-12-6-2-7-13-25/h3,8-9,14-25,31H,1-2,4-7,10-13H2. The van der Waals surface area contributed by atoms with E-state index in [0.29, 0.717) is 0 Å². The molecule has 0 spiro atoms. The first kappa shape index (κ1) is 20.9. The number of rotatable bonds is 5. The molecule has 2 aliphatic carbocycles. The van der Waals surface area contributed by atoms with E-state index in [1.165, 1.54) is 78.9 Å². The Morgan fingerprint density at radius 3 is 1.23 bits per heavy atom. The van der Waals surface area contributed by atoms with Crippen LogP contribution in [0.3, 0.4) is 0 Å². The molecule has 162 valence electrons. The summed E-state index contributed by atoms with van der Waals surface area (Å²) in [7, 11) is -0.506. The third-order valence-electron chi connectivity index (χ3n) is 7.47. The normalized spacial score (nSPS) is 18.6. The molecule has 0 nitrogen and oxygen atoms in total. The van der Waals surface area contributed by atoms with Gasteiger partial charge in [-0.05, 0) is 99.7 Å². The van der Waals surface area contributed by atoms with Gasteiger partial charge < -0.3 is 0 Å². The zero-order valence-electron chi connectivity index (χ0n) is 18.7. The predicted octanol–water partition coefficient (Wildman–Crippen LogP) is 9.26. The zero-order chi connectivity index (χ0) is 20.9. The van der Waals surface area contributed by atoms with Gasteiger partial charge in [-0.25, -0.2) is 0 Å². The Balaban J connectivity index is 1.43. The Bertz CT molecular complexity index is 868. The fourth-order valence-corrected chi connectivity index (χ4v) is 7.95. The summed E-state index contributed by atoms with van der Waals surface area (Å²) in [5, 5.41) is 0. The minimum atomic E-state index is -0.506. The molecule has 2 fully saturated rings. The van der Waals surface area contributed by atoms with Gasteiger partial charge in [-0.2, -0.15) is 10.9 Å². The van der Waals surface area contributed by atoms with E-state index in [0.717, 1.165) is 11.8 Å². The fraction of sp³-hybridized carbons (Fsp3) is 0.400. The van der Waals surface area contributed by atoms with Crippen LogP contribution in [0.25, 0.3) is 0 Å². The molecule has 2 aliphatic rings. The van der Waals surface area contributed by atoms with E-state index in [-0.39, 0.29) is 0 Å². The highest BCUT2D eigenvalue weighted by atomic mass is 32.2. The maximum absolute atomic E-state index is 2.43. The molecule has 0 N–H and O–H groups in total. The summed E-state index contributed by atoms with van der Waals surface area (Å²) in [6, 6.07) is 30.6. The topological polar surface area (TPSA) is 0 Å². The van der Waals surface area contributed by atoms with Crippen LogP contribution in [0.5, 0.6) is 0 Å². The van der Waals surface area contributed by atoms with Gasteiger partial charge >= 0.3 is 0 Å². The molecule has 3 aromatic carbocycles. The fourth-order valence-electron chi connectivity index (χ4n) is 5.69. The molecule has 0 radical (unpaired) electrons. The average Bonchev–Trinajstić information content (AvgIpc) is 2.87. The Morgan fingerprint density at radius 2 is 0.806 bits per heavy atom. The molecule has 0 aliphatic heterocycles. The van der Waals surface area contributed by atoms with E-state index < -0.39 is 10.9 Å². The molecule has 0 saturated heterocycles. The van der Waals surface area contributed by atoms with Gasteiger partial charge in [0, 0.05) is 0 Å². The monoisotopic (exact) mass is 428 g/mol. The van der Waals surface area contributed by atoms with Gasteiger partial charge in [0.2, 0.25) is 0 Å². The maximum atomic E-state index is 2.43. The summed E-state index contributed by atoms with van der Waals surface area (Å²) in [5.41, 5.74) is 3.11. The number of hydrogen-bond acceptors (Lipinski definition) is 0. The zero-order valence-corrected chi connectivity index (χ0v) is 19.6. The maximum Gasteiger partial charge on any atom is -0.00450 e. The first-order valence-corrected chi connectivity index (χ1v) is 13.8. The highest BCUT2D eigenvalue weighted by molar-refractivity contribution is 8.17. The van der Waals surface area contributed by atoms with Crippen LogP contribution in [0.4, 0.5) is 0 Å². The largest absolute Gasteiger partial charge is 0.173 e. The van der Waals surface area contributed by atoms with Gasteiger partial charge in [0.15, 0.2) is 0 Å². The van der Waals surface area contributed by atoms with Crippen LogP contribution in [0, 0.1) is 0 Å². The number of benzene rings is 3. The second-order valence-corrected chi connectivity index (χ2v) is 11.7. The molecule has 31 heavy (non-hydrogen) atoms.